The molecule has 0 fully saturated rings. The van der Waals surface area contributed by atoms with Crippen molar-refractivity contribution in [2.24, 2.45) is 0 Å². The first-order chi connectivity index (χ1) is 14.4. The van der Waals surface area contributed by atoms with E-state index in [1.54, 1.807) is 25.1 Å². The van der Waals surface area contributed by atoms with Crippen molar-refractivity contribution in [3.8, 4) is 11.8 Å². The Bertz CT molecular complexity index is 921. The number of anilines is 1. The van der Waals surface area contributed by atoms with Crippen molar-refractivity contribution in [1.82, 2.24) is 0 Å². The molecule has 0 aliphatic carbocycles. The minimum Gasteiger partial charge on any atom is -0.485 e. The van der Waals surface area contributed by atoms with Gasteiger partial charge in [0.2, 0.25) is 0 Å². The highest BCUT2D eigenvalue weighted by atomic mass is 16.5. The van der Waals surface area contributed by atoms with Crippen molar-refractivity contribution < 1.29 is 19.4 Å². The lowest BCUT2D eigenvalue weighted by molar-refractivity contribution is -0.143. The van der Waals surface area contributed by atoms with Gasteiger partial charge in [-0.1, -0.05) is 18.2 Å². The maximum absolute atomic E-state index is 11.8. The topological polar surface area (TPSA) is 82.8 Å². The molecule has 2 aromatic carbocycles. The molecule has 1 aliphatic heterocycles. The molecule has 158 valence electrons. The van der Waals surface area contributed by atoms with E-state index in [0.29, 0.717) is 37.3 Å². The van der Waals surface area contributed by atoms with E-state index in [1.807, 2.05) is 44.2 Å². The third-order valence-corrected chi connectivity index (χ3v) is 5.35. The van der Waals surface area contributed by atoms with Crippen LogP contribution in [0.4, 0.5) is 5.69 Å². The third-order valence-electron chi connectivity index (χ3n) is 5.35. The highest BCUT2D eigenvalue weighted by molar-refractivity contribution is 5.69. The van der Waals surface area contributed by atoms with E-state index in [-0.39, 0.29) is 5.97 Å². The van der Waals surface area contributed by atoms with Crippen LogP contribution < -0.4 is 9.64 Å². The first-order valence-corrected chi connectivity index (χ1v) is 10.3. The number of fused-ring (bicyclic) bond motifs is 1. The Morgan fingerprint density at radius 2 is 2.00 bits per heavy atom. The molecule has 0 saturated carbocycles. The molecule has 6 nitrogen and oxygen atoms in total. The van der Waals surface area contributed by atoms with Gasteiger partial charge in [0, 0.05) is 24.2 Å². The summed E-state index contributed by atoms with van der Waals surface area (Å²) in [5, 5.41) is 20.7. The van der Waals surface area contributed by atoms with Crippen LogP contribution in [0.15, 0.2) is 48.5 Å². The maximum atomic E-state index is 11.8. The molecule has 2 atom stereocenters. The predicted molar refractivity (Wildman–Crippen MR) is 114 cm³/mol. The van der Waals surface area contributed by atoms with Gasteiger partial charge in [0.05, 0.1) is 24.3 Å². The summed E-state index contributed by atoms with van der Waals surface area (Å²) in [6.45, 7) is 6.40. The van der Waals surface area contributed by atoms with Gasteiger partial charge >= 0.3 is 5.97 Å². The van der Waals surface area contributed by atoms with E-state index in [9.17, 15) is 15.2 Å². The summed E-state index contributed by atoms with van der Waals surface area (Å²) in [5.74, 6) is 0.422. The van der Waals surface area contributed by atoms with Crippen LogP contribution in [0.3, 0.4) is 0 Å². The second-order valence-corrected chi connectivity index (χ2v) is 7.90. The standard InChI is InChI=1S/C24H28N2O4/c1-4-29-21(27)11-8-14-26(18-9-6-5-7-10-18)22-19-15-17(16-25)12-13-20(19)30-24(2,3)23(22)28/h5-7,9-10,12-13,15,22-23,28H,4,8,11,14H2,1-3H3/t22-,23+/m0/s1. The van der Waals surface area contributed by atoms with Gasteiger partial charge in [0.25, 0.3) is 0 Å². The first-order valence-electron chi connectivity index (χ1n) is 10.3. The Balaban J connectivity index is 2.00. The Morgan fingerprint density at radius 1 is 1.27 bits per heavy atom. The first kappa shape index (κ1) is 21.7. The highest BCUT2D eigenvalue weighted by Crippen LogP contribution is 2.44. The van der Waals surface area contributed by atoms with Crippen LogP contribution in [0.25, 0.3) is 0 Å². The molecule has 1 N–H and O–H groups in total. The zero-order valence-corrected chi connectivity index (χ0v) is 17.7. The molecule has 3 rings (SSSR count). The van der Waals surface area contributed by atoms with Gasteiger partial charge in [0.1, 0.15) is 17.5 Å². The van der Waals surface area contributed by atoms with Gasteiger partial charge in [-0.2, -0.15) is 5.26 Å². The summed E-state index contributed by atoms with van der Waals surface area (Å²) < 4.78 is 11.1. The number of nitriles is 1. The Hall–Kier alpha value is -3.04. The molecule has 0 saturated heterocycles. The fourth-order valence-corrected chi connectivity index (χ4v) is 3.85. The van der Waals surface area contributed by atoms with E-state index in [0.717, 1.165) is 11.3 Å². The summed E-state index contributed by atoms with van der Waals surface area (Å²) in [5.41, 5.74) is 1.38. The molecule has 1 heterocycles. The number of hydrogen-bond acceptors (Lipinski definition) is 6. The molecule has 0 spiro atoms. The van der Waals surface area contributed by atoms with Gasteiger partial charge in [-0.15, -0.1) is 0 Å². The number of carbonyl (C=O) groups is 1. The quantitative estimate of drug-likeness (QED) is 0.698. The molecule has 6 heteroatoms. The van der Waals surface area contributed by atoms with Crippen LogP contribution in [0, 0.1) is 11.3 Å². The number of para-hydroxylation sites is 1. The van der Waals surface area contributed by atoms with Crippen LogP contribution in [-0.2, 0) is 9.53 Å². The molecule has 0 radical (unpaired) electrons. The lowest BCUT2D eigenvalue weighted by Crippen LogP contribution is -2.54. The smallest absolute Gasteiger partial charge is 0.305 e. The van der Waals surface area contributed by atoms with Gasteiger partial charge in [-0.25, -0.2) is 0 Å². The second kappa shape index (κ2) is 9.19. The summed E-state index contributed by atoms with van der Waals surface area (Å²) in [6.07, 6.45) is 0.0259. The Kier molecular flexibility index (Phi) is 6.63. The second-order valence-electron chi connectivity index (χ2n) is 7.90. The lowest BCUT2D eigenvalue weighted by atomic mass is 9.84. The molecular weight excluding hydrogens is 380 g/mol. The minimum atomic E-state index is -0.846. The predicted octanol–water partition coefficient (Wildman–Crippen LogP) is 3.98. The summed E-state index contributed by atoms with van der Waals surface area (Å²) in [6, 6.07) is 16.8. The zero-order chi connectivity index (χ0) is 21.7. The highest BCUT2D eigenvalue weighted by Gasteiger charge is 2.45. The SMILES string of the molecule is CCOC(=O)CCCN(c1ccccc1)[C@H]1c2cc(C#N)ccc2OC(C)(C)[C@@H]1O. The average Bonchev–Trinajstić information content (AvgIpc) is 2.73. The molecular formula is C24H28N2O4. The number of ether oxygens (including phenoxy) is 2. The van der Waals surface area contributed by atoms with Gasteiger partial charge in [-0.3, -0.25) is 4.79 Å². The number of esters is 1. The van der Waals surface area contributed by atoms with Crippen LogP contribution in [0.1, 0.15) is 50.8 Å². The Morgan fingerprint density at radius 3 is 2.67 bits per heavy atom. The van der Waals surface area contributed by atoms with Crippen molar-refractivity contribution in [1.29, 1.82) is 5.26 Å². The van der Waals surface area contributed by atoms with Crippen molar-refractivity contribution >= 4 is 11.7 Å². The number of aliphatic hydroxyl groups is 1. The number of hydrogen-bond donors (Lipinski definition) is 1. The molecule has 2 aromatic rings. The van der Waals surface area contributed by atoms with Crippen LogP contribution in [0.5, 0.6) is 5.75 Å². The maximum Gasteiger partial charge on any atom is 0.305 e. The monoisotopic (exact) mass is 408 g/mol. The van der Waals surface area contributed by atoms with Crippen molar-refractivity contribution in [3.63, 3.8) is 0 Å². The molecule has 30 heavy (non-hydrogen) atoms. The van der Waals surface area contributed by atoms with Gasteiger partial charge < -0.3 is 19.5 Å². The number of benzene rings is 2. The largest absolute Gasteiger partial charge is 0.485 e. The van der Waals surface area contributed by atoms with E-state index < -0.39 is 17.7 Å². The normalized spacial score (nSPS) is 19.2. The van der Waals surface area contributed by atoms with Crippen molar-refractivity contribution in [3.05, 3.63) is 59.7 Å². The molecule has 1 aliphatic rings. The number of carbonyl (C=O) groups excluding carboxylic acids is 1. The summed E-state index contributed by atoms with van der Waals surface area (Å²) in [7, 11) is 0. The lowest BCUT2D eigenvalue weighted by Gasteiger charge is -2.47. The molecule has 0 amide bonds. The van der Waals surface area contributed by atoms with E-state index in [2.05, 4.69) is 11.0 Å². The summed E-state index contributed by atoms with van der Waals surface area (Å²) in [4.78, 5) is 13.9. The fourth-order valence-electron chi connectivity index (χ4n) is 3.85. The van der Waals surface area contributed by atoms with E-state index >= 15 is 0 Å². The molecule has 0 aromatic heterocycles. The third kappa shape index (κ3) is 4.58. The van der Waals surface area contributed by atoms with Crippen molar-refractivity contribution in [2.45, 2.75) is 51.4 Å². The van der Waals surface area contributed by atoms with Crippen LogP contribution in [0.2, 0.25) is 0 Å². The van der Waals surface area contributed by atoms with Crippen LogP contribution >= 0.6 is 0 Å². The van der Waals surface area contributed by atoms with E-state index in [4.69, 9.17) is 9.47 Å². The number of nitrogens with zero attached hydrogens (tertiary/aromatic N) is 2. The fraction of sp³-hybridized carbons (Fsp3) is 0.417. The number of rotatable bonds is 7. The van der Waals surface area contributed by atoms with Gasteiger partial charge in [0.15, 0.2) is 0 Å². The average molecular weight is 408 g/mol. The summed E-state index contributed by atoms with van der Waals surface area (Å²) >= 11 is 0. The minimum absolute atomic E-state index is 0.231. The zero-order valence-electron chi connectivity index (χ0n) is 17.7. The number of aliphatic hydroxyl groups excluding tert-OH is 1. The van der Waals surface area contributed by atoms with Gasteiger partial charge in [-0.05, 0) is 57.5 Å². The molecule has 0 bridgehead atoms. The molecule has 0 unspecified atom stereocenters. The Labute approximate surface area is 177 Å². The van der Waals surface area contributed by atoms with E-state index in [1.165, 1.54) is 0 Å². The van der Waals surface area contributed by atoms with Crippen molar-refractivity contribution in [2.75, 3.05) is 18.1 Å². The van der Waals surface area contributed by atoms with Crippen LogP contribution in [-0.4, -0.2) is 35.9 Å².